The molecule has 0 spiro atoms. The van der Waals surface area contributed by atoms with Gasteiger partial charge in [0.05, 0.1) is 11.6 Å². The standard InChI is InChI=1S/C30H31F2N3O2/c1-4-6-12-28-34-29(36)26(15-20-9-7-10-21(14-20)25-11-8-13-33-19(25)3)30(37)35(28)27(5-2)22-16-23(31)18-24(32)17-22/h7-11,13-14,16-18,27,36H,4-6,12,15H2,1-3H3/t27-/m0/s1. The third-order valence-electron chi connectivity index (χ3n) is 6.61. The second-order valence-corrected chi connectivity index (χ2v) is 9.25. The highest BCUT2D eigenvalue weighted by Gasteiger charge is 2.23. The minimum Gasteiger partial charge on any atom is -0.493 e. The van der Waals surface area contributed by atoms with Gasteiger partial charge in [0.2, 0.25) is 5.88 Å². The quantitative estimate of drug-likeness (QED) is 0.282. The van der Waals surface area contributed by atoms with E-state index in [4.69, 9.17) is 0 Å². The minimum absolute atomic E-state index is 0.149. The Hall–Kier alpha value is -3.87. The Morgan fingerprint density at radius 3 is 2.46 bits per heavy atom. The molecule has 2 aromatic heterocycles. The van der Waals surface area contributed by atoms with Crippen LogP contribution in [0.25, 0.3) is 11.1 Å². The lowest BCUT2D eigenvalue weighted by Crippen LogP contribution is -2.32. The van der Waals surface area contributed by atoms with E-state index < -0.39 is 23.2 Å². The van der Waals surface area contributed by atoms with Crippen molar-refractivity contribution in [1.29, 1.82) is 0 Å². The number of nitrogens with zero attached hydrogens (tertiary/aromatic N) is 3. The van der Waals surface area contributed by atoms with Crippen LogP contribution in [-0.4, -0.2) is 19.6 Å². The summed E-state index contributed by atoms with van der Waals surface area (Å²) in [5.74, 6) is -1.31. The number of benzene rings is 2. The van der Waals surface area contributed by atoms with Crippen molar-refractivity contribution >= 4 is 0 Å². The van der Waals surface area contributed by atoms with E-state index in [1.54, 1.807) is 6.20 Å². The summed E-state index contributed by atoms with van der Waals surface area (Å²) in [6, 6.07) is 14.3. The van der Waals surface area contributed by atoms with Crippen LogP contribution in [0.15, 0.2) is 65.6 Å². The van der Waals surface area contributed by atoms with Gasteiger partial charge >= 0.3 is 0 Å². The number of hydrogen-bond acceptors (Lipinski definition) is 4. The number of unbranched alkanes of at least 4 members (excludes halogenated alkanes) is 1. The van der Waals surface area contributed by atoms with Crippen LogP contribution >= 0.6 is 0 Å². The van der Waals surface area contributed by atoms with Crippen molar-refractivity contribution in [3.05, 3.63) is 111 Å². The molecule has 0 aliphatic rings. The zero-order valence-electron chi connectivity index (χ0n) is 21.3. The first-order valence-corrected chi connectivity index (χ1v) is 12.6. The molecule has 0 aliphatic heterocycles. The van der Waals surface area contributed by atoms with Gasteiger partial charge in [0.15, 0.2) is 0 Å². The summed E-state index contributed by atoms with van der Waals surface area (Å²) in [7, 11) is 0. The largest absolute Gasteiger partial charge is 0.493 e. The predicted octanol–water partition coefficient (Wildman–Crippen LogP) is 6.53. The Morgan fingerprint density at radius 1 is 1.03 bits per heavy atom. The van der Waals surface area contributed by atoms with Crippen molar-refractivity contribution < 1.29 is 13.9 Å². The second kappa shape index (κ2) is 11.5. The molecule has 0 fully saturated rings. The molecule has 2 aromatic carbocycles. The summed E-state index contributed by atoms with van der Waals surface area (Å²) < 4.78 is 29.7. The van der Waals surface area contributed by atoms with Crippen LogP contribution in [0, 0.1) is 18.6 Å². The number of rotatable bonds is 9. The molecule has 1 atom stereocenters. The molecule has 0 saturated heterocycles. The van der Waals surface area contributed by atoms with Crippen molar-refractivity contribution in [3.63, 3.8) is 0 Å². The van der Waals surface area contributed by atoms with Gasteiger partial charge in [-0.15, -0.1) is 0 Å². The number of aromatic nitrogens is 3. The van der Waals surface area contributed by atoms with E-state index in [2.05, 4.69) is 9.97 Å². The molecule has 0 unspecified atom stereocenters. The smallest absolute Gasteiger partial charge is 0.261 e. The molecule has 0 aliphatic carbocycles. The number of pyridine rings is 1. The van der Waals surface area contributed by atoms with Crippen LogP contribution in [0.4, 0.5) is 8.78 Å². The molecule has 4 rings (SSSR count). The first-order valence-electron chi connectivity index (χ1n) is 12.6. The molecular weight excluding hydrogens is 472 g/mol. The third kappa shape index (κ3) is 5.77. The highest BCUT2D eigenvalue weighted by molar-refractivity contribution is 5.66. The molecule has 7 heteroatoms. The molecule has 0 amide bonds. The predicted molar refractivity (Wildman–Crippen MR) is 141 cm³/mol. The van der Waals surface area contributed by atoms with Gasteiger partial charge in [-0.2, -0.15) is 4.98 Å². The number of aromatic hydroxyl groups is 1. The zero-order chi connectivity index (χ0) is 26.5. The SMILES string of the molecule is CCCCc1nc(O)c(Cc2cccc(-c3cccnc3C)c2)c(=O)n1[C@@H](CC)c1cc(F)cc(F)c1. The summed E-state index contributed by atoms with van der Waals surface area (Å²) in [5.41, 5.74) is 3.75. The Labute approximate surface area is 215 Å². The van der Waals surface area contributed by atoms with Gasteiger partial charge in [-0.1, -0.05) is 50.6 Å². The lowest BCUT2D eigenvalue weighted by Gasteiger charge is -2.23. The lowest BCUT2D eigenvalue weighted by atomic mass is 9.98. The topological polar surface area (TPSA) is 68.0 Å². The molecule has 5 nitrogen and oxygen atoms in total. The molecule has 0 bridgehead atoms. The average Bonchev–Trinajstić information content (AvgIpc) is 2.87. The Kier molecular flexibility index (Phi) is 8.11. The van der Waals surface area contributed by atoms with Crippen LogP contribution in [-0.2, 0) is 12.8 Å². The normalized spacial score (nSPS) is 12.0. The van der Waals surface area contributed by atoms with Gasteiger partial charge in [0.25, 0.3) is 5.56 Å². The van der Waals surface area contributed by atoms with Crippen LogP contribution in [0.3, 0.4) is 0 Å². The van der Waals surface area contributed by atoms with E-state index in [1.807, 2.05) is 57.2 Å². The fraction of sp³-hybridized carbons (Fsp3) is 0.300. The summed E-state index contributed by atoms with van der Waals surface area (Å²) >= 11 is 0. The number of hydrogen-bond donors (Lipinski definition) is 1. The minimum atomic E-state index is -0.703. The first kappa shape index (κ1) is 26.2. The number of aryl methyl sites for hydroxylation is 2. The lowest BCUT2D eigenvalue weighted by molar-refractivity contribution is 0.419. The van der Waals surface area contributed by atoms with Gasteiger partial charge in [0.1, 0.15) is 17.5 Å². The van der Waals surface area contributed by atoms with Crippen molar-refractivity contribution in [1.82, 2.24) is 14.5 Å². The third-order valence-corrected chi connectivity index (χ3v) is 6.61. The molecule has 0 radical (unpaired) electrons. The van der Waals surface area contributed by atoms with Gasteiger partial charge in [-0.3, -0.25) is 14.3 Å². The fourth-order valence-electron chi connectivity index (χ4n) is 4.77. The highest BCUT2D eigenvalue weighted by Crippen LogP contribution is 2.28. The van der Waals surface area contributed by atoms with Crippen LogP contribution in [0.1, 0.15) is 67.4 Å². The Bertz CT molecular complexity index is 1450. The highest BCUT2D eigenvalue weighted by atomic mass is 19.1. The number of halogens is 2. The molecule has 192 valence electrons. The van der Waals surface area contributed by atoms with E-state index in [0.717, 1.165) is 41.3 Å². The first-order chi connectivity index (χ1) is 17.8. The van der Waals surface area contributed by atoms with Crippen LogP contribution < -0.4 is 5.56 Å². The zero-order valence-corrected chi connectivity index (χ0v) is 21.3. The van der Waals surface area contributed by atoms with Gasteiger partial charge in [-0.05, 0) is 54.7 Å². The molecule has 0 saturated carbocycles. The van der Waals surface area contributed by atoms with E-state index in [0.29, 0.717) is 24.2 Å². The summed E-state index contributed by atoms with van der Waals surface area (Å²) in [5, 5.41) is 10.8. The van der Waals surface area contributed by atoms with Crippen LogP contribution in [0.2, 0.25) is 0 Å². The molecule has 1 N–H and O–H groups in total. The van der Waals surface area contributed by atoms with Gasteiger partial charge in [-0.25, -0.2) is 8.78 Å². The molecular formula is C30H31F2N3O2. The Balaban J connectivity index is 1.82. The van der Waals surface area contributed by atoms with Crippen molar-refractivity contribution in [2.24, 2.45) is 0 Å². The maximum Gasteiger partial charge on any atom is 0.261 e. The summed E-state index contributed by atoms with van der Waals surface area (Å²) in [4.78, 5) is 22.7. The van der Waals surface area contributed by atoms with E-state index in [-0.39, 0.29) is 17.9 Å². The summed E-state index contributed by atoms with van der Waals surface area (Å²) in [6.45, 7) is 5.81. The van der Waals surface area contributed by atoms with E-state index in [1.165, 1.54) is 16.7 Å². The van der Waals surface area contributed by atoms with Gasteiger partial charge < -0.3 is 5.11 Å². The van der Waals surface area contributed by atoms with E-state index >= 15 is 0 Å². The van der Waals surface area contributed by atoms with E-state index in [9.17, 15) is 18.7 Å². The maximum atomic E-state index is 14.1. The summed E-state index contributed by atoms with van der Waals surface area (Å²) in [6.07, 6.45) is 4.40. The second-order valence-electron chi connectivity index (χ2n) is 9.25. The van der Waals surface area contributed by atoms with Crippen molar-refractivity contribution in [2.45, 2.75) is 58.9 Å². The van der Waals surface area contributed by atoms with Crippen molar-refractivity contribution in [2.75, 3.05) is 0 Å². The van der Waals surface area contributed by atoms with Crippen LogP contribution in [0.5, 0.6) is 5.88 Å². The van der Waals surface area contributed by atoms with Gasteiger partial charge in [0, 0.05) is 36.4 Å². The molecule has 37 heavy (non-hydrogen) atoms. The molecule has 4 aromatic rings. The monoisotopic (exact) mass is 503 g/mol. The molecule has 2 heterocycles. The Morgan fingerprint density at radius 2 is 1.78 bits per heavy atom. The van der Waals surface area contributed by atoms with Crippen molar-refractivity contribution in [3.8, 4) is 17.0 Å². The fourth-order valence-corrected chi connectivity index (χ4v) is 4.77. The maximum absolute atomic E-state index is 14.1. The average molecular weight is 504 g/mol.